The van der Waals surface area contributed by atoms with E-state index in [1.165, 1.54) is 11.1 Å². The Labute approximate surface area is 147 Å². The van der Waals surface area contributed by atoms with Crippen molar-refractivity contribution >= 4 is 11.6 Å². The Morgan fingerprint density at radius 2 is 2.28 bits per heavy atom. The first-order chi connectivity index (χ1) is 12.1. The number of hydrogen-bond donors (Lipinski definition) is 2. The number of amides is 1. The highest BCUT2D eigenvalue weighted by Crippen LogP contribution is 2.33. The molecule has 0 radical (unpaired) electrons. The zero-order chi connectivity index (χ0) is 17.4. The van der Waals surface area contributed by atoms with Crippen molar-refractivity contribution in [2.75, 3.05) is 18.4 Å². The molecule has 0 saturated carbocycles. The summed E-state index contributed by atoms with van der Waals surface area (Å²) in [7, 11) is 0. The number of hydrogen-bond acceptors (Lipinski definition) is 5. The van der Waals surface area contributed by atoms with Crippen LogP contribution in [-0.2, 0) is 24.2 Å². The topological polar surface area (TPSA) is 84.4 Å². The predicted molar refractivity (Wildman–Crippen MR) is 95.2 cm³/mol. The SMILES string of the molecule is Cc1nc2c(o1)CCCC2Nc1ccc2c(c1)CN(CC(N)=O)CC2. The molecule has 2 heterocycles. The van der Waals surface area contributed by atoms with E-state index in [1.54, 1.807) is 0 Å². The maximum Gasteiger partial charge on any atom is 0.231 e. The number of nitrogens with two attached hydrogens (primary N) is 1. The Morgan fingerprint density at radius 1 is 1.40 bits per heavy atom. The molecule has 1 aromatic carbocycles. The molecule has 2 aliphatic rings. The first kappa shape index (κ1) is 16.1. The zero-order valence-corrected chi connectivity index (χ0v) is 14.5. The molecule has 0 spiro atoms. The van der Waals surface area contributed by atoms with Gasteiger partial charge in [0, 0.05) is 32.1 Å². The number of oxazole rings is 1. The molecule has 0 saturated heterocycles. The van der Waals surface area contributed by atoms with Gasteiger partial charge >= 0.3 is 0 Å². The summed E-state index contributed by atoms with van der Waals surface area (Å²) in [6.07, 6.45) is 4.10. The number of carbonyl (C=O) groups excluding carboxylic acids is 1. The van der Waals surface area contributed by atoms with Gasteiger partial charge in [-0.25, -0.2) is 4.98 Å². The Kier molecular flexibility index (Phi) is 4.21. The fraction of sp³-hybridized carbons (Fsp3) is 0.474. The van der Waals surface area contributed by atoms with Crippen molar-refractivity contribution in [1.29, 1.82) is 0 Å². The Balaban J connectivity index is 1.52. The summed E-state index contributed by atoms with van der Waals surface area (Å²) in [5.41, 5.74) is 10.1. The van der Waals surface area contributed by atoms with Crippen LogP contribution in [-0.4, -0.2) is 28.9 Å². The molecule has 1 aromatic heterocycles. The second kappa shape index (κ2) is 6.52. The van der Waals surface area contributed by atoms with Crippen LogP contribution in [0, 0.1) is 6.92 Å². The molecule has 25 heavy (non-hydrogen) atoms. The minimum absolute atomic E-state index is 0.199. The van der Waals surface area contributed by atoms with E-state index in [1.807, 2.05) is 6.92 Å². The number of benzene rings is 1. The number of nitrogens with one attached hydrogen (secondary N) is 1. The van der Waals surface area contributed by atoms with Gasteiger partial charge in [-0.05, 0) is 42.5 Å². The lowest BCUT2D eigenvalue weighted by atomic mass is 9.95. The van der Waals surface area contributed by atoms with E-state index in [4.69, 9.17) is 10.2 Å². The van der Waals surface area contributed by atoms with Gasteiger partial charge < -0.3 is 15.5 Å². The molecule has 2 aromatic rings. The van der Waals surface area contributed by atoms with Gasteiger partial charge in [0.1, 0.15) is 11.5 Å². The number of aryl methyl sites for hydroxylation is 2. The molecule has 0 fully saturated rings. The molecule has 3 N–H and O–H groups in total. The van der Waals surface area contributed by atoms with Crippen LogP contribution in [0.3, 0.4) is 0 Å². The maximum atomic E-state index is 11.2. The molecule has 4 rings (SSSR count). The van der Waals surface area contributed by atoms with E-state index in [-0.39, 0.29) is 11.9 Å². The van der Waals surface area contributed by atoms with Crippen LogP contribution in [0.15, 0.2) is 22.6 Å². The molecule has 1 aliphatic heterocycles. The van der Waals surface area contributed by atoms with Crippen LogP contribution in [0.25, 0.3) is 0 Å². The molecule has 132 valence electrons. The zero-order valence-electron chi connectivity index (χ0n) is 14.5. The largest absolute Gasteiger partial charge is 0.446 e. The van der Waals surface area contributed by atoms with E-state index >= 15 is 0 Å². The van der Waals surface area contributed by atoms with E-state index < -0.39 is 0 Å². The van der Waals surface area contributed by atoms with Gasteiger partial charge in [0.15, 0.2) is 5.89 Å². The molecule has 1 amide bonds. The minimum Gasteiger partial charge on any atom is -0.446 e. The Bertz CT molecular complexity index is 799. The quantitative estimate of drug-likeness (QED) is 0.892. The number of primary amides is 1. The monoisotopic (exact) mass is 340 g/mol. The van der Waals surface area contributed by atoms with Crippen LogP contribution in [0.1, 0.15) is 47.4 Å². The standard InChI is InChI=1S/C19H24N4O2/c1-12-21-19-16(3-2-4-17(19)25-12)22-15-6-5-13-7-8-23(11-18(20)24)10-14(13)9-15/h5-6,9,16,22H,2-4,7-8,10-11H2,1H3,(H2,20,24). The van der Waals surface area contributed by atoms with E-state index in [9.17, 15) is 4.79 Å². The third-order valence-electron chi connectivity index (χ3n) is 5.08. The summed E-state index contributed by atoms with van der Waals surface area (Å²) in [6, 6.07) is 6.73. The molecule has 6 nitrogen and oxygen atoms in total. The van der Waals surface area contributed by atoms with Crippen molar-refractivity contribution in [1.82, 2.24) is 9.88 Å². The van der Waals surface area contributed by atoms with Gasteiger partial charge in [-0.15, -0.1) is 0 Å². The average Bonchev–Trinajstić information content (AvgIpc) is 2.95. The lowest BCUT2D eigenvalue weighted by Gasteiger charge is -2.29. The third-order valence-corrected chi connectivity index (χ3v) is 5.08. The molecule has 6 heteroatoms. The maximum absolute atomic E-state index is 11.2. The van der Waals surface area contributed by atoms with Gasteiger partial charge in [0.25, 0.3) is 0 Å². The normalized spacial score (nSPS) is 20.0. The number of carbonyl (C=O) groups is 1. The van der Waals surface area contributed by atoms with Crippen LogP contribution in [0.4, 0.5) is 5.69 Å². The van der Waals surface area contributed by atoms with Gasteiger partial charge in [0.2, 0.25) is 5.91 Å². The summed E-state index contributed by atoms with van der Waals surface area (Å²) in [4.78, 5) is 17.9. The molecule has 1 unspecified atom stereocenters. The lowest BCUT2D eigenvalue weighted by Crippen LogP contribution is -2.37. The predicted octanol–water partition coefficient (Wildman–Crippen LogP) is 2.32. The third kappa shape index (κ3) is 3.39. The summed E-state index contributed by atoms with van der Waals surface area (Å²) in [6.45, 7) is 3.88. The van der Waals surface area contributed by atoms with Crippen molar-refractivity contribution < 1.29 is 9.21 Å². The molecular formula is C19H24N4O2. The first-order valence-electron chi connectivity index (χ1n) is 8.93. The van der Waals surface area contributed by atoms with Gasteiger partial charge in [0.05, 0.1) is 12.6 Å². The summed E-state index contributed by atoms with van der Waals surface area (Å²) >= 11 is 0. The number of fused-ring (bicyclic) bond motifs is 2. The van der Waals surface area contributed by atoms with Gasteiger partial charge in [-0.3, -0.25) is 9.69 Å². The second-order valence-electron chi connectivity index (χ2n) is 7.04. The summed E-state index contributed by atoms with van der Waals surface area (Å²) in [5.74, 6) is 1.49. The fourth-order valence-corrected chi connectivity index (χ4v) is 3.94. The highest BCUT2D eigenvalue weighted by molar-refractivity contribution is 5.76. The molecule has 1 aliphatic carbocycles. The van der Waals surface area contributed by atoms with Crippen molar-refractivity contribution in [3.63, 3.8) is 0 Å². The highest BCUT2D eigenvalue weighted by Gasteiger charge is 2.26. The van der Waals surface area contributed by atoms with Crippen molar-refractivity contribution in [3.05, 3.63) is 46.7 Å². The number of nitrogens with zero attached hydrogens (tertiary/aromatic N) is 2. The number of rotatable bonds is 4. The second-order valence-corrected chi connectivity index (χ2v) is 7.04. The van der Waals surface area contributed by atoms with Crippen LogP contribution >= 0.6 is 0 Å². The summed E-state index contributed by atoms with van der Waals surface area (Å²) in [5, 5.41) is 3.62. The van der Waals surface area contributed by atoms with Crippen LogP contribution in [0.2, 0.25) is 0 Å². The van der Waals surface area contributed by atoms with Crippen LogP contribution < -0.4 is 11.1 Å². The summed E-state index contributed by atoms with van der Waals surface area (Å²) < 4.78 is 5.71. The van der Waals surface area contributed by atoms with E-state index in [2.05, 4.69) is 33.4 Å². The Hall–Kier alpha value is -2.34. The Morgan fingerprint density at radius 3 is 3.12 bits per heavy atom. The molecule has 1 atom stereocenters. The molecular weight excluding hydrogens is 316 g/mol. The average molecular weight is 340 g/mol. The number of aromatic nitrogens is 1. The van der Waals surface area contributed by atoms with Crippen LogP contribution in [0.5, 0.6) is 0 Å². The minimum atomic E-state index is -0.270. The highest BCUT2D eigenvalue weighted by atomic mass is 16.4. The van der Waals surface area contributed by atoms with Crippen molar-refractivity contribution in [3.8, 4) is 0 Å². The van der Waals surface area contributed by atoms with Gasteiger partial charge in [-0.1, -0.05) is 6.07 Å². The fourth-order valence-electron chi connectivity index (χ4n) is 3.94. The first-order valence-corrected chi connectivity index (χ1v) is 8.93. The smallest absolute Gasteiger partial charge is 0.231 e. The number of anilines is 1. The molecule has 0 bridgehead atoms. The van der Waals surface area contributed by atoms with E-state index in [0.717, 1.165) is 61.8 Å². The van der Waals surface area contributed by atoms with Gasteiger partial charge in [-0.2, -0.15) is 0 Å². The van der Waals surface area contributed by atoms with Crippen molar-refractivity contribution in [2.45, 2.75) is 45.2 Å². The van der Waals surface area contributed by atoms with E-state index in [0.29, 0.717) is 6.54 Å². The van der Waals surface area contributed by atoms with Crippen molar-refractivity contribution in [2.24, 2.45) is 5.73 Å². The lowest BCUT2D eigenvalue weighted by molar-refractivity contribution is -0.119.